The molecule has 1 heterocycles. The van der Waals surface area contributed by atoms with Crippen LogP contribution in [0.3, 0.4) is 0 Å². The largest absolute Gasteiger partial charge is 0.466 e. The Balaban J connectivity index is 2.33. The van der Waals surface area contributed by atoms with Crippen LogP contribution in [0, 0.1) is 5.92 Å². The molecule has 0 spiro atoms. The van der Waals surface area contributed by atoms with E-state index in [-0.39, 0.29) is 12.6 Å². The first-order valence-corrected chi connectivity index (χ1v) is 6.84. The molecule has 1 rings (SSSR count). The highest BCUT2D eigenvalue weighted by Gasteiger charge is 2.26. The van der Waals surface area contributed by atoms with Crippen LogP contribution in [0.15, 0.2) is 0 Å². The molecule has 5 nitrogen and oxygen atoms in total. The number of aliphatic hydroxyl groups is 1. The zero-order valence-electron chi connectivity index (χ0n) is 11.5. The second-order valence-corrected chi connectivity index (χ2v) is 5.06. The Morgan fingerprint density at radius 2 is 2.28 bits per heavy atom. The van der Waals surface area contributed by atoms with Gasteiger partial charge in [0.05, 0.1) is 6.61 Å². The number of rotatable bonds is 7. The van der Waals surface area contributed by atoms with Gasteiger partial charge in [-0.1, -0.05) is 0 Å². The molecule has 0 radical (unpaired) electrons. The van der Waals surface area contributed by atoms with Gasteiger partial charge in [-0.05, 0) is 39.3 Å². The van der Waals surface area contributed by atoms with Crippen LogP contribution in [0.5, 0.6) is 0 Å². The van der Waals surface area contributed by atoms with Crippen LogP contribution < -0.4 is 5.32 Å². The summed E-state index contributed by atoms with van der Waals surface area (Å²) in [4.78, 5) is 13.7. The van der Waals surface area contributed by atoms with Gasteiger partial charge in [-0.25, -0.2) is 0 Å². The van der Waals surface area contributed by atoms with Crippen molar-refractivity contribution in [3.63, 3.8) is 0 Å². The normalized spacial score (nSPS) is 25.1. The summed E-state index contributed by atoms with van der Waals surface area (Å²) in [6.45, 7) is 5.31. The lowest BCUT2D eigenvalue weighted by Crippen LogP contribution is -2.48. The number of hydrogen-bond donors (Lipinski definition) is 2. The SMILES string of the molecule is CCOC(=O)CC1CC(NCCCO)CN(C)C1. The van der Waals surface area contributed by atoms with Crippen molar-refractivity contribution in [2.24, 2.45) is 5.92 Å². The highest BCUT2D eigenvalue weighted by molar-refractivity contribution is 5.69. The van der Waals surface area contributed by atoms with E-state index >= 15 is 0 Å². The van der Waals surface area contributed by atoms with Gasteiger partial charge < -0.3 is 20.1 Å². The Hall–Kier alpha value is -0.650. The molecule has 106 valence electrons. The molecule has 1 aliphatic rings. The van der Waals surface area contributed by atoms with Crippen LogP contribution in [0.25, 0.3) is 0 Å². The minimum atomic E-state index is -0.0908. The smallest absolute Gasteiger partial charge is 0.306 e. The third-order valence-corrected chi connectivity index (χ3v) is 3.25. The number of nitrogens with one attached hydrogen (secondary N) is 1. The molecular formula is C13H26N2O3. The topological polar surface area (TPSA) is 61.8 Å². The molecule has 0 aromatic carbocycles. The molecule has 0 aromatic rings. The van der Waals surface area contributed by atoms with Gasteiger partial charge >= 0.3 is 5.97 Å². The summed E-state index contributed by atoms with van der Waals surface area (Å²) in [6, 6.07) is 0.412. The molecular weight excluding hydrogens is 232 g/mol. The third kappa shape index (κ3) is 5.80. The van der Waals surface area contributed by atoms with E-state index in [1.165, 1.54) is 0 Å². The van der Waals surface area contributed by atoms with Gasteiger partial charge in [0.25, 0.3) is 0 Å². The molecule has 2 N–H and O–H groups in total. The van der Waals surface area contributed by atoms with Crippen molar-refractivity contribution >= 4 is 5.97 Å². The fraction of sp³-hybridized carbons (Fsp3) is 0.923. The van der Waals surface area contributed by atoms with Gasteiger partial charge in [0, 0.05) is 32.2 Å². The molecule has 0 amide bonds. The Labute approximate surface area is 109 Å². The van der Waals surface area contributed by atoms with E-state index in [0.717, 1.165) is 32.5 Å². The van der Waals surface area contributed by atoms with Gasteiger partial charge in [-0.3, -0.25) is 4.79 Å². The molecule has 2 atom stereocenters. The molecule has 2 unspecified atom stereocenters. The standard InChI is InChI=1S/C13H26N2O3/c1-3-18-13(17)8-11-7-12(10-15(2)9-11)14-5-4-6-16/h11-12,14,16H,3-10H2,1-2H3. The number of nitrogens with zero attached hydrogens (tertiary/aromatic N) is 1. The lowest BCUT2D eigenvalue weighted by molar-refractivity contribution is -0.144. The predicted molar refractivity (Wildman–Crippen MR) is 70.3 cm³/mol. The maximum atomic E-state index is 11.5. The van der Waals surface area contributed by atoms with E-state index in [4.69, 9.17) is 9.84 Å². The first-order valence-electron chi connectivity index (χ1n) is 6.84. The minimum absolute atomic E-state index is 0.0908. The zero-order valence-corrected chi connectivity index (χ0v) is 11.5. The highest BCUT2D eigenvalue weighted by atomic mass is 16.5. The summed E-state index contributed by atoms with van der Waals surface area (Å²) < 4.78 is 5.00. The van der Waals surface area contributed by atoms with E-state index in [0.29, 0.717) is 25.0 Å². The molecule has 0 saturated carbocycles. The maximum absolute atomic E-state index is 11.5. The summed E-state index contributed by atoms with van der Waals surface area (Å²) in [5.41, 5.74) is 0. The molecule has 5 heteroatoms. The average Bonchev–Trinajstić information content (AvgIpc) is 2.28. The fourth-order valence-corrected chi connectivity index (χ4v) is 2.58. The van der Waals surface area contributed by atoms with Crippen LogP contribution >= 0.6 is 0 Å². The Bertz CT molecular complexity index is 248. The molecule has 0 aliphatic carbocycles. The molecule has 0 aromatic heterocycles. The summed E-state index contributed by atoms with van der Waals surface area (Å²) in [7, 11) is 2.08. The Kier molecular flexibility index (Phi) is 7.23. The Morgan fingerprint density at radius 1 is 1.50 bits per heavy atom. The van der Waals surface area contributed by atoms with Crippen LogP contribution in [0.4, 0.5) is 0 Å². The molecule has 1 aliphatic heterocycles. The first kappa shape index (κ1) is 15.4. The van der Waals surface area contributed by atoms with Crippen molar-refractivity contribution in [3.05, 3.63) is 0 Å². The molecule has 0 bridgehead atoms. The number of aliphatic hydroxyl groups excluding tert-OH is 1. The zero-order chi connectivity index (χ0) is 13.4. The number of likely N-dealkylation sites (N-methyl/N-ethyl adjacent to an activating group) is 1. The van der Waals surface area contributed by atoms with Crippen LogP contribution in [-0.2, 0) is 9.53 Å². The molecule has 18 heavy (non-hydrogen) atoms. The van der Waals surface area contributed by atoms with Crippen molar-refractivity contribution in [3.8, 4) is 0 Å². The van der Waals surface area contributed by atoms with Crippen molar-refractivity contribution in [1.82, 2.24) is 10.2 Å². The molecule has 1 saturated heterocycles. The van der Waals surface area contributed by atoms with Crippen LogP contribution in [0.1, 0.15) is 26.2 Å². The third-order valence-electron chi connectivity index (χ3n) is 3.25. The van der Waals surface area contributed by atoms with Gasteiger partial charge in [0.2, 0.25) is 0 Å². The second kappa shape index (κ2) is 8.45. The summed E-state index contributed by atoms with van der Waals surface area (Å²) in [5, 5.41) is 12.2. The van der Waals surface area contributed by atoms with Crippen molar-refractivity contribution < 1.29 is 14.6 Å². The number of hydrogen-bond acceptors (Lipinski definition) is 5. The first-order chi connectivity index (χ1) is 8.65. The van der Waals surface area contributed by atoms with Gasteiger partial charge in [0.1, 0.15) is 0 Å². The van der Waals surface area contributed by atoms with Crippen molar-refractivity contribution in [2.45, 2.75) is 32.2 Å². The quantitative estimate of drug-likeness (QED) is 0.506. The van der Waals surface area contributed by atoms with Crippen LogP contribution in [-0.4, -0.2) is 61.9 Å². The lowest BCUT2D eigenvalue weighted by Gasteiger charge is -2.35. The second-order valence-electron chi connectivity index (χ2n) is 5.06. The number of likely N-dealkylation sites (tertiary alicyclic amines) is 1. The number of carbonyl (C=O) groups excluding carboxylic acids is 1. The lowest BCUT2D eigenvalue weighted by atomic mass is 9.92. The number of ether oxygens (including phenoxy) is 1. The minimum Gasteiger partial charge on any atom is -0.466 e. The maximum Gasteiger partial charge on any atom is 0.306 e. The van der Waals surface area contributed by atoms with Gasteiger partial charge in [-0.15, -0.1) is 0 Å². The van der Waals surface area contributed by atoms with Gasteiger partial charge in [-0.2, -0.15) is 0 Å². The monoisotopic (exact) mass is 258 g/mol. The summed E-state index contributed by atoms with van der Waals surface area (Å²) in [5.74, 6) is 0.279. The van der Waals surface area contributed by atoms with E-state index in [1.807, 2.05) is 6.92 Å². The average molecular weight is 258 g/mol. The number of carbonyl (C=O) groups is 1. The highest BCUT2D eigenvalue weighted by Crippen LogP contribution is 2.19. The Morgan fingerprint density at radius 3 is 2.94 bits per heavy atom. The van der Waals surface area contributed by atoms with Crippen molar-refractivity contribution in [1.29, 1.82) is 0 Å². The predicted octanol–water partition coefficient (Wildman–Crippen LogP) is 0.232. The van der Waals surface area contributed by atoms with E-state index in [2.05, 4.69) is 17.3 Å². The van der Waals surface area contributed by atoms with Crippen molar-refractivity contribution in [2.75, 3.05) is 39.9 Å². The number of piperidine rings is 1. The molecule has 1 fully saturated rings. The summed E-state index contributed by atoms with van der Waals surface area (Å²) >= 11 is 0. The van der Waals surface area contributed by atoms with Crippen LogP contribution in [0.2, 0.25) is 0 Å². The van der Waals surface area contributed by atoms with E-state index < -0.39 is 0 Å². The van der Waals surface area contributed by atoms with E-state index in [9.17, 15) is 4.79 Å². The van der Waals surface area contributed by atoms with E-state index in [1.54, 1.807) is 0 Å². The summed E-state index contributed by atoms with van der Waals surface area (Å²) in [6.07, 6.45) is 2.30. The van der Waals surface area contributed by atoms with Gasteiger partial charge in [0.15, 0.2) is 0 Å². The fourth-order valence-electron chi connectivity index (χ4n) is 2.58. The number of esters is 1.